The van der Waals surface area contributed by atoms with Gasteiger partial charge < -0.3 is 5.32 Å². The summed E-state index contributed by atoms with van der Waals surface area (Å²) in [4.78, 5) is 26.4. The third-order valence-corrected chi connectivity index (χ3v) is 7.64. The number of hydrogen-bond donors (Lipinski definition) is 2. The molecule has 3 aromatic rings. The number of anilines is 2. The Labute approximate surface area is 190 Å². The number of fused-ring (bicyclic) bond motifs is 2. The van der Waals surface area contributed by atoms with Crippen molar-refractivity contribution in [3.05, 3.63) is 62.3 Å². The Morgan fingerprint density at radius 3 is 2.58 bits per heavy atom. The van der Waals surface area contributed by atoms with E-state index in [0.717, 1.165) is 6.26 Å². The van der Waals surface area contributed by atoms with Crippen molar-refractivity contribution in [2.75, 3.05) is 22.0 Å². The zero-order chi connectivity index (χ0) is 24.1. The van der Waals surface area contributed by atoms with Gasteiger partial charge in [0.15, 0.2) is 9.84 Å². The molecule has 1 aromatic carbocycles. The fourth-order valence-corrected chi connectivity index (χ4v) is 5.90. The second-order valence-corrected chi connectivity index (χ2v) is 12.2. The van der Waals surface area contributed by atoms with E-state index in [4.69, 9.17) is 0 Å². The second kappa shape index (κ2) is 8.03. The topological polar surface area (TPSA) is 136 Å². The summed E-state index contributed by atoms with van der Waals surface area (Å²) >= 11 is 0. The van der Waals surface area contributed by atoms with Crippen LogP contribution in [0.15, 0.2) is 51.0 Å². The van der Waals surface area contributed by atoms with Crippen LogP contribution in [0, 0.1) is 5.92 Å². The van der Waals surface area contributed by atoms with E-state index >= 15 is 0 Å². The summed E-state index contributed by atoms with van der Waals surface area (Å²) in [5.41, 5.74) is -0.580. The second-order valence-electron chi connectivity index (χ2n) is 8.50. The molecule has 1 aliphatic rings. The largest absolute Gasteiger partial charge is 0.356 e. The Kier molecular flexibility index (Phi) is 5.61. The van der Waals surface area contributed by atoms with E-state index in [1.165, 1.54) is 27.4 Å². The predicted molar refractivity (Wildman–Crippen MR) is 127 cm³/mol. The van der Waals surface area contributed by atoms with Crippen LogP contribution in [0.4, 0.5) is 11.4 Å². The maximum Gasteiger partial charge on any atom is 0.278 e. The minimum atomic E-state index is -3.96. The van der Waals surface area contributed by atoms with Crippen LogP contribution in [0.3, 0.4) is 0 Å². The van der Waals surface area contributed by atoms with Gasteiger partial charge in [-0.15, -0.1) is 0 Å². The number of nitrogens with zero attached hydrogens (tertiary/aromatic N) is 2. The number of hydrogen-bond acceptors (Lipinski definition) is 7. The Balaban J connectivity index is 1.94. The van der Waals surface area contributed by atoms with Gasteiger partial charge in [0, 0.05) is 24.1 Å². The molecule has 1 aliphatic heterocycles. The van der Waals surface area contributed by atoms with Gasteiger partial charge in [0.05, 0.1) is 22.6 Å². The van der Waals surface area contributed by atoms with Crippen molar-refractivity contribution in [2.45, 2.75) is 31.7 Å². The van der Waals surface area contributed by atoms with Crippen molar-refractivity contribution in [3.63, 3.8) is 0 Å². The van der Waals surface area contributed by atoms with Crippen LogP contribution in [0.2, 0.25) is 0 Å². The summed E-state index contributed by atoms with van der Waals surface area (Å²) in [6.07, 6.45) is 3.29. The quantitative estimate of drug-likeness (QED) is 0.532. The molecular weight excluding hydrogens is 468 g/mol. The molecule has 3 heterocycles. The van der Waals surface area contributed by atoms with E-state index in [1.54, 1.807) is 18.3 Å². The summed E-state index contributed by atoms with van der Waals surface area (Å²) in [7, 11) is -7.55. The van der Waals surface area contributed by atoms with Crippen molar-refractivity contribution in [1.29, 1.82) is 0 Å². The van der Waals surface area contributed by atoms with Gasteiger partial charge in [-0.25, -0.2) is 21.5 Å². The van der Waals surface area contributed by atoms with Crippen molar-refractivity contribution in [1.82, 2.24) is 9.20 Å². The van der Waals surface area contributed by atoms with Crippen LogP contribution in [0.25, 0.3) is 11.2 Å². The summed E-state index contributed by atoms with van der Waals surface area (Å²) < 4.78 is 54.3. The van der Waals surface area contributed by atoms with Gasteiger partial charge in [-0.3, -0.25) is 18.8 Å². The fraction of sp³-hybridized carbons (Fsp3) is 0.333. The lowest BCUT2D eigenvalue weighted by molar-refractivity contribution is 0.455. The first-order chi connectivity index (χ1) is 15.4. The molecule has 0 bridgehead atoms. The lowest BCUT2D eigenvalue weighted by Crippen LogP contribution is -2.50. The number of nitrogens with one attached hydrogen (secondary N) is 2. The minimum absolute atomic E-state index is 0.00307. The lowest BCUT2D eigenvalue weighted by Gasteiger charge is -2.22. The van der Waals surface area contributed by atoms with Crippen molar-refractivity contribution >= 4 is 42.4 Å². The number of sulfone groups is 1. The molecule has 0 spiro atoms. The van der Waals surface area contributed by atoms with Gasteiger partial charge in [0.25, 0.3) is 5.56 Å². The molecule has 176 valence electrons. The number of benzene rings is 1. The molecular formula is C21H24N4O6S2. The first-order valence-corrected chi connectivity index (χ1v) is 13.8. The van der Waals surface area contributed by atoms with E-state index in [9.17, 15) is 26.4 Å². The highest BCUT2D eigenvalue weighted by atomic mass is 32.2. The predicted octanol–water partition coefficient (Wildman–Crippen LogP) is 0.605. The Bertz CT molecular complexity index is 1650. The van der Waals surface area contributed by atoms with Crippen molar-refractivity contribution in [3.8, 4) is 0 Å². The maximum atomic E-state index is 13.4. The van der Waals surface area contributed by atoms with E-state index in [2.05, 4.69) is 10.0 Å². The highest BCUT2D eigenvalue weighted by Gasteiger charge is 2.29. The van der Waals surface area contributed by atoms with E-state index < -0.39 is 36.6 Å². The normalized spacial score (nSPS) is 17.1. The number of rotatable bonds is 5. The van der Waals surface area contributed by atoms with Gasteiger partial charge >= 0.3 is 0 Å². The summed E-state index contributed by atoms with van der Waals surface area (Å²) in [5.74, 6) is -0.270. The minimum Gasteiger partial charge on any atom is -0.356 e. The number of sulfonamides is 1. The molecule has 4 rings (SSSR count). The highest BCUT2D eigenvalue weighted by molar-refractivity contribution is 7.92. The summed E-state index contributed by atoms with van der Waals surface area (Å²) in [6.45, 7) is 4.41. The molecule has 0 unspecified atom stereocenters. The SMILES string of the molecule is CC(C)CCn1c(=O)/c(=C2/CS(=O)(=O)c3cc(NS(C)(=O)=O)ccc3N2)c(=O)c2cccn21. The van der Waals surface area contributed by atoms with Crippen LogP contribution in [0.5, 0.6) is 0 Å². The first kappa shape index (κ1) is 23.1. The number of aromatic nitrogens is 2. The van der Waals surface area contributed by atoms with Crippen LogP contribution >= 0.6 is 0 Å². The van der Waals surface area contributed by atoms with Crippen LogP contribution < -0.4 is 26.2 Å². The molecule has 2 aromatic heterocycles. The monoisotopic (exact) mass is 492 g/mol. The van der Waals surface area contributed by atoms with Gasteiger partial charge in [-0.1, -0.05) is 13.8 Å². The zero-order valence-corrected chi connectivity index (χ0v) is 20.0. The van der Waals surface area contributed by atoms with Gasteiger partial charge in [0.2, 0.25) is 15.5 Å². The first-order valence-electron chi connectivity index (χ1n) is 10.3. The summed E-state index contributed by atoms with van der Waals surface area (Å²) in [5, 5.41) is 2.72. The standard InChI is InChI=1S/C21H24N4O6S2/c1-13(2)8-10-25-21(27)19(20(26)17-5-4-9-24(17)25)16-12-33(30,31)18-11-14(23-32(3,28)29)6-7-15(18)22-16/h4-7,9,11,13,22-23H,8,10,12H2,1-3H3/b19-16-. The van der Waals surface area contributed by atoms with E-state index in [0.29, 0.717) is 18.9 Å². The molecule has 0 aliphatic carbocycles. The Hall–Kier alpha value is -3.12. The molecule has 10 nitrogen and oxygen atoms in total. The molecule has 33 heavy (non-hydrogen) atoms. The van der Waals surface area contributed by atoms with Crippen molar-refractivity contribution < 1.29 is 16.8 Å². The highest BCUT2D eigenvalue weighted by Crippen LogP contribution is 2.32. The van der Waals surface area contributed by atoms with Crippen LogP contribution in [-0.4, -0.2) is 38.0 Å². The molecule has 0 fully saturated rings. The molecule has 0 radical (unpaired) electrons. The van der Waals surface area contributed by atoms with E-state index in [1.807, 2.05) is 13.8 Å². The summed E-state index contributed by atoms with van der Waals surface area (Å²) in [6, 6.07) is 7.27. The third-order valence-electron chi connectivity index (χ3n) is 5.36. The van der Waals surface area contributed by atoms with Gasteiger partial charge in [0.1, 0.15) is 10.7 Å². The van der Waals surface area contributed by atoms with Crippen LogP contribution in [0.1, 0.15) is 20.3 Å². The Morgan fingerprint density at radius 2 is 1.91 bits per heavy atom. The maximum absolute atomic E-state index is 13.4. The molecule has 0 atom stereocenters. The number of aryl methyl sites for hydroxylation is 1. The van der Waals surface area contributed by atoms with Crippen LogP contribution in [-0.2, 0) is 26.4 Å². The Morgan fingerprint density at radius 1 is 1.18 bits per heavy atom. The molecule has 0 amide bonds. The van der Waals surface area contributed by atoms with Crippen molar-refractivity contribution in [2.24, 2.45) is 5.92 Å². The average Bonchev–Trinajstić information content (AvgIpc) is 3.16. The molecule has 0 saturated heterocycles. The zero-order valence-electron chi connectivity index (χ0n) is 18.3. The third kappa shape index (κ3) is 4.40. The smallest absolute Gasteiger partial charge is 0.278 e. The molecule has 2 N–H and O–H groups in total. The van der Waals surface area contributed by atoms with Gasteiger partial charge in [-0.2, -0.15) is 0 Å². The molecule has 12 heteroatoms. The van der Waals surface area contributed by atoms with E-state index in [-0.39, 0.29) is 32.7 Å². The average molecular weight is 493 g/mol. The lowest BCUT2D eigenvalue weighted by atomic mass is 10.1. The molecule has 0 saturated carbocycles. The fourth-order valence-electron chi connectivity index (χ4n) is 3.83. The van der Waals surface area contributed by atoms with Gasteiger partial charge in [-0.05, 0) is 42.7 Å².